The Balaban J connectivity index is 2.25. The molecule has 0 amide bonds. The molecule has 0 saturated heterocycles. The fraction of sp³-hybridized carbons (Fsp3) is 0.235. The average molecular weight is 289 g/mol. The van der Waals surface area contributed by atoms with Gasteiger partial charge in [0, 0.05) is 17.0 Å². The molecule has 0 saturated carbocycles. The van der Waals surface area contributed by atoms with Gasteiger partial charge in [-0.25, -0.2) is 0 Å². The summed E-state index contributed by atoms with van der Waals surface area (Å²) in [5.41, 5.74) is 3.18. The molecular weight excluding hydrogens is 272 g/mol. The van der Waals surface area contributed by atoms with Crippen LogP contribution < -0.4 is 4.74 Å². The molecule has 3 heteroatoms. The Bertz CT molecular complexity index is 603. The van der Waals surface area contributed by atoms with Crippen LogP contribution in [0.5, 0.6) is 5.75 Å². The van der Waals surface area contributed by atoms with Crippen molar-refractivity contribution >= 4 is 17.4 Å². The summed E-state index contributed by atoms with van der Waals surface area (Å²) >= 11 is 6.05. The minimum atomic E-state index is 0.214. The summed E-state index contributed by atoms with van der Waals surface area (Å²) in [6.45, 7) is 1.62. The lowest BCUT2D eigenvalue weighted by Crippen LogP contribution is -1.94. The molecule has 20 heavy (non-hydrogen) atoms. The zero-order valence-corrected chi connectivity index (χ0v) is 12.4. The van der Waals surface area contributed by atoms with Crippen LogP contribution in [0.4, 0.5) is 0 Å². The van der Waals surface area contributed by atoms with Crippen LogP contribution in [-0.4, -0.2) is 12.9 Å². The lowest BCUT2D eigenvalue weighted by atomic mass is 10.0. The normalized spacial score (nSPS) is 10.3. The highest BCUT2D eigenvalue weighted by atomic mass is 35.5. The number of rotatable bonds is 5. The third-order valence-electron chi connectivity index (χ3n) is 3.19. The summed E-state index contributed by atoms with van der Waals surface area (Å²) in [5.74, 6) is 1.01. The maximum atomic E-state index is 11.0. The van der Waals surface area contributed by atoms with Gasteiger partial charge in [0.25, 0.3) is 0 Å². The van der Waals surface area contributed by atoms with Crippen LogP contribution in [0.2, 0.25) is 5.02 Å². The van der Waals surface area contributed by atoms with Gasteiger partial charge in [-0.1, -0.05) is 35.9 Å². The Morgan fingerprint density at radius 3 is 2.45 bits per heavy atom. The van der Waals surface area contributed by atoms with Crippen molar-refractivity contribution in [2.45, 2.75) is 19.8 Å². The first kappa shape index (κ1) is 14.6. The molecule has 0 atom stereocenters. The summed E-state index contributed by atoms with van der Waals surface area (Å²) in [6.07, 6.45) is 1.36. The second-order valence-corrected chi connectivity index (χ2v) is 5.18. The number of ketones is 1. The van der Waals surface area contributed by atoms with Crippen LogP contribution in [0.3, 0.4) is 0 Å². The van der Waals surface area contributed by atoms with Gasteiger partial charge in [-0.3, -0.25) is 0 Å². The first-order valence-corrected chi connectivity index (χ1v) is 6.90. The first-order chi connectivity index (χ1) is 9.60. The molecule has 0 heterocycles. The third kappa shape index (κ3) is 3.61. The van der Waals surface area contributed by atoms with E-state index in [1.54, 1.807) is 14.0 Å². The summed E-state index contributed by atoms with van der Waals surface area (Å²) < 4.78 is 5.36. The number of benzene rings is 2. The predicted octanol–water partition coefficient (Wildman–Crippen LogP) is 4.54. The molecule has 0 fully saturated rings. The second-order valence-electron chi connectivity index (χ2n) is 4.74. The zero-order valence-electron chi connectivity index (χ0n) is 11.7. The van der Waals surface area contributed by atoms with Crippen LogP contribution in [-0.2, 0) is 11.2 Å². The zero-order chi connectivity index (χ0) is 14.5. The van der Waals surface area contributed by atoms with E-state index in [1.165, 1.54) is 0 Å². The van der Waals surface area contributed by atoms with Gasteiger partial charge in [-0.05, 0) is 42.7 Å². The molecule has 0 aromatic heterocycles. The molecule has 0 aliphatic carbocycles. The minimum absolute atomic E-state index is 0.214. The molecule has 0 aliphatic heterocycles. The van der Waals surface area contributed by atoms with Crippen molar-refractivity contribution in [3.8, 4) is 16.9 Å². The van der Waals surface area contributed by atoms with Gasteiger partial charge in [0.05, 0.1) is 7.11 Å². The van der Waals surface area contributed by atoms with E-state index in [9.17, 15) is 4.79 Å². The molecule has 0 aliphatic rings. The Morgan fingerprint density at radius 1 is 1.15 bits per heavy atom. The van der Waals surface area contributed by atoms with E-state index in [0.717, 1.165) is 28.9 Å². The lowest BCUT2D eigenvalue weighted by molar-refractivity contribution is -0.116. The molecule has 0 radical (unpaired) electrons. The Morgan fingerprint density at radius 2 is 1.85 bits per heavy atom. The van der Waals surface area contributed by atoms with Crippen LogP contribution in [0.1, 0.15) is 18.9 Å². The second kappa shape index (κ2) is 6.58. The van der Waals surface area contributed by atoms with Crippen molar-refractivity contribution in [1.29, 1.82) is 0 Å². The summed E-state index contributed by atoms with van der Waals surface area (Å²) in [4.78, 5) is 11.0. The minimum Gasteiger partial charge on any atom is -0.496 e. The topological polar surface area (TPSA) is 26.3 Å². The molecular formula is C17H17ClO2. The smallest absolute Gasteiger partial charge is 0.130 e. The van der Waals surface area contributed by atoms with Crippen LogP contribution in [0.15, 0.2) is 42.5 Å². The summed E-state index contributed by atoms with van der Waals surface area (Å²) in [7, 11) is 1.65. The van der Waals surface area contributed by atoms with Crippen molar-refractivity contribution < 1.29 is 9.53 Å². The number of Topliss-reactive ketones (excluding diaryl/α,β-unsaturated/α-hetero) is 1. The quantitative estimate of drug-likeness (QED) is 0.807. The van der Waals surface area contributed by atoms with E-state index < -0.39 is 0 Å². The number of hydrogen-bond acceptors (Lipinski definition) is 2. The lowest BCUT2D eigenvalue weighted by Gasteiger charge is -2.10. The van der Waals surface area contributed by atoms with Crippen molar-refractivity contribution in [3.63, 3.8) is 0 Å². The van der Waals surface area contributed by atoms with E-state index in [1.807, 2.05) is 42.5 Å². The Hall–Kier alpha value is -1.80. The number of carbonyl (C=O) groups is 1. The predicted molar refractivity (Wildman–Crippen MR) is 82.4 cm³/mol. The number of hydrogen-bond donors (Lipinski definition) is 0. The molecule has 0 N–H and O–H groups in total. The Kier molecular flexibility index (Phi) is 4.80. The fourth-order valence-electron chi connectivity index (χ4n) is 2.08. The fourth-order valence-corrected chi connectivity index (χ4v) is 2.25. The van der Waals surface area contributed by atoms with Gasteiger partial charge in [0.1, 0.15) is 11.5 Å². The summed E-state index contributed by atoms with van der Waals surface area (Å²) in [6, 6.07) is 13.7. The highest BCUT2D eigenvalue weighted by molar-refractivity contribution is 6.31. The van der Waals surface area contributed by atoms with Crippen molar-refractivity contribution in [1.82, 2.24) is 0 Å². The number of ether oxygens (including phenoxy) is 1. The van der Waals surface area contributed by atoms with Gasteiger partial charge in [-0.2, -0.15) is 0 Å². The first-order valence-electron chi connectivity index (χ1n) is 6.52. The Labute approximate surface area is 124 Å². The van der Waals surface area contributed by atoms with Gasteiger partial charge in [-0.15, -0.1) is 0 Å². The molecule has 2 aromatic carbocycles. The molecule has 2 nitrogen and oxygen atoms in total. The van der Waals surface area contributed by atoms with E-state index in [2.05, 4.69) is 0 Å². The average Bonchev–Trinajstić information content (AvgIpc) is 2.45. The number of aryl methyl sites for hydroxylation is 1. The third-order valence-corrected chi connectivity index (χ3v) is 3.43. The molecule has 104 valence electrons. The number of halogens is 1. The molecule has 2 aromatic rings. The van der Waals surface area contributed by atoms with Crippen molar-refractivity contribution in [3.05, 3.63) is 53.1 Å². The molecule has 0 spiro atoms. The largest absolute Gasteiger partial charge is 0.496 e. The standard InChI is InChI=1S/C17H17ClO2/c1-12(19)3-4-13-5-7-14(8-6-13)16-11-15(18)9-10-17(16)20-2/h5-11H,3-4H2,1-2H3. The number of carbonyl (C=O) groups excluding carboxylic acids is 1. The SMILES string of the molecule is COc1ccc(Cl)cc1-c1ccc(CCC(C)=O)cc1. The van der Waals surface area contributed by atoms with E-state index >= 15 is 0 Å². The van der Waals surface area contributed by atoms with Crippen molar-refractivity contribution in [2.24, 2.45) is 0 Å². The van der Waals surface area contributed by atoms with Gasteiger partial charge < -0.3 is 9.53 Å². The molecule has 2 rings (SSSR count). The van der Waals surface area contributed by atoms with Gasteiger partial charge in [0.15, 0.2) is 0 Å². The van der Waals surface area contributed by atoms with E-state index in [-0.39, 0.29) is 5.78 Å². The van der Waals surface area contributed by atoms with Crippen LogP contribution in [0, 0.1) is 0 Å². The maximum Gasteiger partial charge on any atom is 0.130 e. The number of methoxy groups -OCH3 is 1. The van der Waals surface area contributed by atoms with Gasteiger partial charge in [0.2, 0.25) is 0 Å². The maximum absolute atomic E-state index is 11.0. The van der Waals surface area contributed by atoms with Crippen LogP contribution >= 0.6 is 11.6 Å². The molecule has 0 bridgehead atoms. The summed E-state index contributed by atoms with van der Waals surface area (Å²) in [5, 5.41) is 0.682. The van der Waals surface area contributed by atoms with E-state index in [0.29, 0.717) is 11.4 Å². The van der Waals surface area contributed by atoms with Crippen molar-refractivity contribution in [2.75, 3.05) is 7.11 Å². The monoisotopic (exact) mass is 288 g/mol. The highest BCUT2D eigenvalue weighted by Crippen LogP contribution is 2.32. The van der Waals surface area contributed by atoms with Crippen LogP contribution in [0.25, 0.3) is 11.1 Å². The van der Waals surface area contributed by atoms with E-state index in [4.69, 9.17) is 16.3 Å². The highest BCUT2D eigenvalue weighted by Gasteiger charge is 2.07. The molecule has 0 unspecified atom stereocenters. The van der Waals surface area contributed by atoms with Gasteiger partial charge >= 0.3 is 0 Å².